The number of hydrogen-bond donors (Lipinski definition) is 2. The predicted molar refractivity (Wildman–Crippen MR) is 93.1 cm³/mol. The second-order valence-corrected chi connectivity index (χ2v) is 7.17. The van der Waals surface area contributed by atoms with E-state index in [2.05, 4.69) is 10.6 Å². The lowest BCUT2D eigenvalue weighted by Gasteiger charge is -2.24. The first-order chi connectivity index (χ1) is 11.5. The first-order valence-electron chi connectivity index (χ1n) is 8.38. The SMILES string of the molecule is COC(=O)[C@H](CCNC(=O)OC(C)(C)C)N[C@@H](CC(C)C)C(=O)OC. The van der Waals surface area contributed by atoms with Gasteiger partial charge in [-0.05, 0) is 39.5 Å². The zero-order chi connectivity index (χ0) is 19.6. The van der Waals surface area contributed by atoms with E-state index in [9.17, 15) is 14.4 Å². The summed E-state index contributed by atoms with van der Waals surface area (Å²) < 4.78 is 14.7. The lowest BCUT2D eigenvalue weighted by Crippen LogP contribution is -2.49. The molecule has 0 unspecified atom stereocenters. The van der Waals surface area contributed by atoms with Crippen LogP contribution < -0.4 is 10.6 Å². The summed E-state index contributed by atoms with van der Waals surface area (Å²) in [6.07, 6.45) is 0.194. The smallest absolute Gasteiger partial charge is 0.407 e. The van der Waals surface area contributed by atoms with E-state index in [1.165, 1.54) is 14.2 Å². The van der Waals surface area contributed by atoms with Crippen LogP contribution in [0.25, 0.3) is 0 Å². The zero-order valence-electron chi connectivity index (χ0n) is 16.3. The minimum absolute atomic E-state index is 0.192. The summed E-state index contributed by atoms with van der Waals surface area (Å²) in [5, 5.41) is 5.55. The third kappa shape index (κ3) is 10.6. The number of carbonyl (C=O) groups is 3. The number of esters is 2. The van der Waals surface area contributed by atoms with Gasteiger partial charge in [0.1, 0.15) is 17.7 Å². The van der Waals surface area contributed by atoms with Crippen molar-refractivity contribution in [2.24, 2.45) is 5.92 Å². The molecule has 0 aromatic rings. The highest BCUT2D eigenvalue weighted by Gasteiger charge is 2.28. The van der Waals surface area contributed by atoms with Crippen LogP contribution in [0.5, 0.6) is 0 Å². The van der Waals surface area contributed by atoms with Crippen LogP contribution in [-0.2, 0) is 23.8 Å². The molecule has 0 aliphatic carbocycles. The molecule has 25 heavy (non-hydrogen) atoms. The highest BCUT2D eigenvalue weighted by molar-refractivity contribution is 5.79. The summed E-state index contributed by atoms with van der Waals surface area (Å²) in [6.45, 7) is 9.41. The molecule has 8 heteroatoms. The number of ether oxygens (including phenoxy) is 3. The van der Waals surface area contributed by atoms with Gasteiger partial charge >= 0.3 is 18.0 Å². The van der Waals surface area contributed by atoms with Gasteiger partial charge in [-0.2, -0.15) is 0 Å². The van der Waals surface area contributed by atoms with E-state index in [1.807, 2.05) is 13.8 Å². The molecule has 2 N–H and O–H groups in total. The fourth-order valence-corrected chi connectivity index (χ4v) is 2.13. The average Bonchev–Trinajstić information content (AvgIpc) is 2.49. The van der Waals surface area contributed by atoms with E-state index in [4.69, 9.17) is 14.2 Å². The summed E-state index contributed by atoms with van der Waals surface area (Å²) in [5.41, 5.74) is -0.600. The molecule has 8 nitrogen and oxygen atoms in total. The third-order valence-electron chi connectivity index (χ3n) is 3.18. The van der Waals surface area contributed by atoms with Gasteiger partial charge in [0.2, 0.25) is 0 Å². The van der Waals surface area contributed by atoms with E-state index < -0.39 is 35.7 Å². The van der Waals surface area contributed by atoms with Gasteiger partial charge in [-0.1, -0.05) is 13.8 Å². The Balaban J connectivity index is 4.75. The van der Waals surface area contributed by atoms with Crippen molar-refractivity contribution in [1.82, 2.24) is 10.6 Å². The topological polar surface area (TPSA) is 103 Å². The number of methoxy groups -OCH3 is 2. The van der Waals surface area contributed by atoms with Crippen LogP contribution in [0.15, 0.2) is 0 Å². The highest BCUT2D eigenvalue weighted by Crippen LogP contribution is 2.09. The Bertz CT molecular complexity index is 445. The molecular formula is C17H32N2O6. The number of amides is 1. The van der Waals surface area contributed by atoms with Crippen LogP contribution in [0.3, 0.4) is 0 Å². The average molecular weight is 360 g/mol. The number of carbonyl (C=O) groups excluding carboxylic acids is 3. The maximum atomic E-state index is 12.0. The van der Waals surface area contributed by atoms with Crippen LogP contribution in [0.4, 0.5) is 4.79 Å². The standard InChI is InChI=1S/C17H32N2O6/c1-11(2)10-13(15(21)24-7)19-12(14(20)23-6)8-9-18-16(22)25-17(3,4)5/h11-13,19H,8-10H2,1-7H3,(H,18,22)/t12-,13-/m0/s1. The van der Waals surface area contributed by atoms with Crippen LogP contribution in [-0.4, -0.2) is 56.5 Å². The lowest BCUT2D eigenvalue weighted by molar-refractivity contribution is -0.146. The minimum Gasteiger partial charge on any atom is -0.468 e. The molecule has 0 saturated heterocycles. The Morgan fingerprint density at radius 2 is 1.48 bits per heavy atom. The molecule has 1 amide bonds. The van der Waals surface area contributed by atoms with Crippen LogP contribution in [0, 0.1) is 5.92 Å². The van der Waals surface area contributed by atoms with E-state index in [0.29, 0.717) is 6.42 Å². The van der Waals surface area contributed by atoms with E-state index in [1.54, 1.807) is 20.8 Å². The molecular weight excluding hydrogens is 328 g/mol. The fraction of sp³-hybridized carbons (Fsp3) is 0.824. The first kappa shape index (κ1) is 23.2. The monoisotopic (exact) mass is 360 g/mol. The van der Waals surface area contributed by atoms with Crippen molar-refractivity contribution in [1.29, 1.82) is 0 Å². The second kappa shape index (κ2) is 10.9. The van der Waals surface area contributed by atoms with Gasteiger partial charge < -0.3 is 19.5 Å². The molecule has 0 saturated carbocycles. The second-order valence-electron chi connectivity index (χ2n) is 7.17. The molecule has 0 aromatic heterocycles. The summed E-state index contributed by atoms with van der Waals surface area (Å²) in [4.78, 5) is 35.5. The van der Waals surface area contributed by atoms with Gasteiger partial charge in [-0.15, -0.1) is 0 Å². The third-order valence-corrected chi connectivity index (χ3v) is 3.18. The van der Waals surface area contributed by atoms with E-state index in [0.717, 1.165) is 0 Å². The summed E-state index contributed by atoms with van der Waals surface area (Å²) in [6, 6.07) is -1.38. The van der Waals surface area contributed by atoms with Gasteiger partial charge in [0, 0.05) is 6.54 Å². The van der Waals surface area contributed by atoms with Crippen molar-refractivity contribution in [3.8, 4) is 0 Å². The Morgan fingerprint density at radius 1 is 0.960 bits per heavy atom. The Hall–Kier alpha value is -1.83. The lowest BCUT2D eigenvalue weighted by atomic mass is 10.0. The van der Waals surface area contributed by atoms with Gasteiger partial charge in [0.25, 0.3) is 0 Å². The molecule has 0 heterocycles. The molecule has 0 rings (SSSR count). The van der Waals surface area contributed by atoms with Gasteiger partial charge in [-0.25, -0.2) is 4.79 Å². The minimum atomic E-state index is -0.747. The first-order valence-corrected chi connectivity index (χ1v) is 8.38. The molecule has 0 radical (unpaired) electrons. The molecule has 0 aliphatic heterocycles. The largest absolute Gasteiger partial charge is 0.468 e. The summed E-state index contributed by atoms with van der Waals surface area (Å²) >= 11 is 0. The van der Waals surface area contributed by atoms with Gasteiger partial charge in [0.15, 0.2) is 0 Å². The van der Waals surface area contributed by atoms with Crippen molar-refractivity contribution in [2.45, 2.75) is 65.1 Å². The van der Waals surface area contributed by atoms with Crippen molar-refractivity contribution in [3.05, 3.63) is 0 Å². The maximum Gasteiger partial charge on any atom is 0.407 e. The van der Waals surface area contributed by atoms with Crippen molar-refractivity contribution in [3.63, 3.8) is 0 Å². The Morgan fingerprint density at radius 3 is 1.92 bits per heavy atom. The molecule has 0 fully saturated rings. The Kier molecular flexibility index (Phi) is 10.1. The Labute approximate surface area is 150 Å². The zero-order valence-corrected chi connectivity index (χ0v) is 16.3. The van der Waals surface area contributed by atoms with Crippen LogP contribution in [0.2, 0.25) is 0 Å². The van der Waals surface area contributed by atoms with Gasteiger partial charge in [-0.3, -0.25) is 14.9 Å². The molecule has 0 bridgehead atoms. The number of hydrogen-bond acceptors (Lipinski definition) is 7. The predicted octanol–water partition coefficient (Wildman–Crippen LogP) is 1.62. The normalized spacial score (nSPS) is 13.8. The summed E-state index contributed by atoms with van der Waals surface area (Å²) in [7, 11) is 2.57. The number of nitrogens with one attached hydrogen (secondary N) is 2. The number of rotatable bonds is 9. The van der Waals surface area contributed by atoms with Crippen molar-refractivity contribution >= 4 is 18.0 Å². The maximum absolute atomic E-state index is 12.0. The fourth-order valence-electron chi connectivity index (χ4n) is 2.13. The van der Waals surface area contributed by atoms with Crippen LogP contribution in [0.1, 0.15) is 47.5 Å². The van der Waals surface area contributed by atoms with E-state index >= 15 is 0 Å². The van der Waals surface area contributed by atoms with Gasteiger partial charge in [0.05, 0.1) is 14.2 Å². The molecule has 2 atom stereocenters. The molecule has 0 spiro atoms. The number of alkyl carbamates (subject to hydrolysis) is 1. The summed E-state index contributed by atoms with van der Waals surface area (Å²) in [5.74, 6) is -0.721. The van der Waals surface area contributed by atoms with Crippen molar-refractivity contribution < 1.29 is 28.6 Å². The highest BCUT2D eigenvalue weighted by atomic mass is 16.6. The van der Waals surface area contributed by atoms with Crippen molar-refractivity contribution in [2.75, 3.05) is 20.8 Å². The molecule has 0 aliphatic rings. The molecule has 146 valence electrons. The molecule has 0 aromatic carbocycles. The van der Waals surface area contributed by atoms with Crippen LogP contribution >= 0.6 is 0 Å². The van der Waals surface area contributed by atoms with E-state index in [-0.39, 0.29) is 18.9 Å². The quantitative estimate of drug-likeness (QED) is 0.476.